The Labute approximate surface area is 129 Å². The molecule has 2 rings (SSSR count). The van der Waals surface area contributed by atoms with Crippen molar-refractivity contribution < 1.29 is 0 Å². The summed E-state index contributed by atoms with van der Waals surface area (Å²) < 4.78 is 0. The van der Waals surface area contributed by atoms with Crippen LogP contribution in [0.3, 0.4) is 0 Å². The molecule has 112 valence electrons. The molecule has 0 saturated carbocycles. The molecule has 1 unspecified atom stereocenters. The van der Waals surface area contributed by atoms with E-state index in [2.05, 4.69) is 74.6 Å². The van der Waals surface area contributed by atoms with E-state index >= 15 is 0 Å². The molecule has 2 aromatic rings. The van der Waals surface area contributed by atoms with Gasteiger partial charge in [0, 0.05) is 6.04 Å². The lowest BCUT2D eigenvalue weighted by atomic mass is 9.92. The van der Waals surface area contributed by atoms with E-state index in [9.17, 15) is 0 Å². The van der Waals surface area contributed by atoms with Crippen LogP contribution in [-0.4, -0.2) is 6.54 Å². The van der Waals surface area contributed by atoms with Crippen LogP contribution in [0.5, 0.6) is 0 Å². The largest absolute Gasteiger partial charge is 0.310 e. The van der Waals surface area contributed by atoms with Gasteiger partial charge in [0.2, 0.25) is 0 Å². The van der Waals surface area contributed by atoms with Crippen molar-refractivity contribution in [3.8, 4) is 0 Å². The van der Waals surface area contributed by atoms with Gasteiger partial charge in [0.25, 0.3) is 0 Å². The summed E-state index contributed by atoms with van der Waals surface area (Å²) in [4.78, 5) is 0. The Hall–Kier alpha value is -1.60. The maximum absolute atomic E-state index is 3.74. The van der Waals surface area contributed by atoms with Gasteiger partial charge in [-0.15, -0.1) is 0 Å². The van der Waals surface area contributed by atoms with Gasteiger partial charge in [-0.2, -0.15) is 0 Å². The second kappa shape index (κ2) is 7.99. The predicted octanol–water partition coefficient (Wildman–Crippen LogP) is 4.98. The van der Waals surface area contributed by atoms with Crippen LogP contribution < -0.4 is 5.32 Å². The van der Waals surface area contributed by atoms with Gasteiger partial charge in [0.15, 0.2) is 0 Å². The standard InChI is InChI=1S/C20H27N/c1-4-15-21-19(14-13-18-11-6-5-7-12-18)20-16(2)9-8-10-17(20)3/h5-12,19,21H,4,13-15H2,1-3H3. The van der Waals surface area contributed by atoms with Crippen LogP contribution in [0.2, 0.25) is 0 Å². The molecule has 2 aromatic carbocycles. The summed E-state index contributed by atoms with van der Waals surface area (Å²) in [5.41, 5.74) is 5.71. The lowest BCUT2D eigenvalue weighted by molar-refractivity contribution is 0.495. The molecule has 1 heteroatoms. The van der Waals surface area contributed by atoms with Crippen molar-refractivity contribution in [2.75, 3.05) is 6.54 Å². The zero-order valence-corrected chi connectivity index (χ0v) is 13.5. The summed E-state index contributed by atoms with van der Waals surface area (Å²) in [7, 11) is 0. The number of benzene rings is 2. The molecule has 21 heavy (non-hydrogen) atoms. The normalized spacial score (nSPS) is 12.3. The van der Waals surface area contributed by atoms with Crippen LogP contribution in [0.1, 0.15) is 48.1 Å². The van der Waals surface area contributed by atoms with Crippen molar-refractivity contribution in [3.05, 3.63) is 70.8 Å². The highest BCUT2D eigenvalue weighted by Gasteiger charge is 2.15. The first-order valence-electron chi connectivity index (χ1n) is 8.05. The van der Waals surface area contributed by atoms with Crippen LogP contribution in [-0.2, 0) is 6.42 Å². The van der Waals surface area contributed by atoms with Gasteiger partial charge in [0.05, 0.1) is 0 Å². The summed E-state index contributed by atoms with van der Waals surface area (Å²) in [5, 5.41) is 3.74. The highest BCUT2D eigenvalue weighted by molar-refractivity contribution is 5.36. The Morgan fingerprint density at radius 3 is 2.19 bits per heavy atom. The Balaban J connectivity index is 2.14. The molecule has 1 N–H and O–H groups in total. The minimum Gasteiger partial charge on any atom is -0.310 e. The predicted molar refractivity (Wildman–Crippen MR) is 91.7 cm³/mol. The first-order valence-corrected chi connectivity index (χ1v) is 8.05. The van der Waals surface area contributed by atoms with Crippen LogP contribution >= 0.6 is 0 Å². The molecular formula is C20H27N. The van der Waals surface area contributed by atoms with Crippen molar-refractivity contribution in [2.24, 2.45) is 0 Å². The van der Waals surface area contributed by atoms with E-state index in [1.807, 2.05) is 0 Å². The van der Waals surface area contributed by atoms with Crippen molar-refractivity contribution in [2.45, 2.75) is 46.1 Å². The van der Waals surface area contributed by atoms with Gasteiger partial charge in [-0.3, -0.25) is 0 Å². The van der Waals surface area contributed by atoms with E-state index in [0.29, 0.717) is 6.04 Å². The smallest absolute Gasteiger partial charge is 0.0328 e. The third-order valence-electron chi connectivity index (χ3n) is 4.10. The highest BCUT2D eigenvalue weighted by Crippen LogP contribution is 2.26. The van der Waals surface area contributed by atoms with E-state index in [1.165, 1.54) is 28.7 Å². The van der Waals surface area contributed by atoms with E-state index < -0.39 is 0 Å². The van der Waals surface area contributed by atoms with Gasteiger partial charge in [-0.05, 0) is 61.9 Å². The van der Waals surface area contributed by atoms with E-state index in [0.717, 1.165) is 19.4 Å². The van der Waals surface area contributed by atoms with Gasteiger partial charge >= 0.3 is 0 Å². The number of hydrogen-bond donors (Lipinski definition) is 1. The maximum atomic E-state index is 3.74. The summed E-state index contributed by atoms with van der Waals surface area (Å²) in [6.45, 7) is 7.76. The molecule has 0 fully saturated rings. The van der Waals surface area contributed by atoms with Crippen LogP contribution in [0.4, 0.5) is 0 Å². The van der Waals surface area contributed by atoms with E-state index in [-0.39, 0.29) is 0 Å². The van der Waals surface area contributed by atoms with Crippen LogP contribution in [0, 0.1) is 13.8 Å². The average molecular weight is 281 g/mol. The molecule has 0 spiro atoms. The third kappa shape index (κ3) is 4.44. The lowest BCUT2D eigenvalue weighted by Crippen LogP contribution is -2.24. The van der Waals surface area contributed by atoms with Crippen molar-refractivity contribution in [1.29, 1.82) is 0 Å². The number of rotatable bonds is 7. The Kier molecular flexibility index (Phi) is 6.01. The zero-order valence-electron chi connectivity index (χ0n) is 13.5. The third-order valence-corrected chi connectivity index (χ3v) is 4.10. The zero-order chi connectivity index (χ0) is 15.1. The first kappa shape index (κ1) is 15.8. The second-order valence-corrected chi connectivity index (χ2v) is 5.84. The molecule has 0 heterocycles. The molecule has 0 aliphatic rings. The molecular weight excluding hydrogens is 254 g/mol. The van der Waals surface area contributed by atoms with Gasteiger partial charge in [-0.25, -0.2) is 0 Å². The summed E-state index contributed by atoms with van der Waals surface area (Å²) in [6.07, 6.45) is 3.44. The van der Waals surface area contributed by atoms with Gasteiger partial charge < -0.3 is 5.32 Å². The molecule has 0 amide bonds. The Morgan fingerprint density at radius 1 is 0.905 bits per heavy atom. The molecule has 0 bridgehead atoms. The molecule has 0 radical (unpaired) electrons. The summed E-state index contributed by atoms with van der Waals surface area (Å²) in [5.74, 6) is 0. The number of hydrogen-bond acceptors (Lipinski definition) is 1. The SMILES string of the molecule is CCCNC(CCc1ccccc1)c1c(C)cccc1C. The van der Waals surface area contributed by atoms with Crippen molar-refractivity contribution >= 4 is 0 Å². The summed E-state index contributed by atoms with van der Waals surface area (Å²) >= 11 is 0. The molecule has 1 atom stereocenters. The van der Waals surface area contributed by atoms with Crippen LogP contribution in [0.15, 0.2) is 48.5 Å². The second-order valence-electron chi connectivity index (χ2n) is 5.84. The molecule has 1 nitrogen and oxygen atoms in total. The lowest BCUT2D eigenvalue weighted by Gasteiger charge is -2.23. The Bertz CT molecular complexity index is 525. The van der Waals surface area contributed by atoms with E-state index in [1.54, 1.807) is 0 Å². The Morgan fingerprint density at radius 2 is 1.57 bits per heavy atom. The van der Waals surface area contributed by atoms with Gasteiger partial charge in [0.1, 0.15) is 0 Å². The van der Waals surface area contributed by atoms with Crippen molar-refractivity contribution in [3.63, 3.8) is 0 Å². The molecule has 0 aromatic heterocycles. The highest BCUT2D eigenvalue weighted by atomic mass is 14.9. The number of nitrogens with one attached hydrogen (secondary N) is 1. The first-order chi connectivity index (χ1) is 10.2. The maximum Gasteiger partial charge on any atom is 0.0328 e. The van der Waals surface area contributed by atoms with Crippen LogP contribution in [0.25, 0.3) is 0 Å². The summed E-state index contributed by atoms with van der Waals surface area (Å²) in [6, 6.07) is 17.8. The monoisotopic (exact) mass is 281 g/mol. The fourth-order valence-electron chi connectivity index (χ4n) is 3.00. The average Bonchev–Trinajstić information content (AvgIpc) is 2.50. The van der Waals surface area contributed by atoms with Gasteiger partial charge in [-0.1, -0.05) is 55.5 Å². The minimum atomic E-state index is 0.450. The van der Waals surface area contributed by atoms with Crippen molar-refractivity contribution in [1.82, 2.24) is 5.32 Å². The fourth-order valence-corrected chi connectivity index (χ4v) is 3.00. The fraction of sp³-hybridized carbons (Fsp3) is 0.400. The molecule has 0 aliphatic carbocycles. The number of aryl methyl sites for hydroxylation is 3. The minimum absolute atomic E-state index is 0.450. The topological polar surface area (TPSA) is 12.0 Å². The quantitative estimate of drug-likeness (QED) is 0.755. The van der Waals surface area contributed by atoms with E-state index in [4.69, 9.17) is 0 Å². The molecule has 0 aliphatic heterocycles. The molecule has 0 saturated heterocycles.